The maximum absolute atomic E-state index is 12.4. The molecule has 0 spiro atoms. The number of carbonyl (C=O) groups excluding carboxylic acids is 2. The first-order chi connectivity index (χ1) is 14.2. The number of ether oxygens (including phenoxy) is 1. The Morgan fingerprint density at radius 2 is 2.07 bits per heavy atom. The van der Waals surface area contributed by atoms with Crippen LogP contribution in [0.2, 0.25) is 0 Å². The average molecular weight is 388 g/mol. The van der Waals surface area contributed by atoms with Crippen molar-refractivity contribution in [2.45, 2.75) is 18.9 Å². The SMILES string of the molecule is O=C1C/C=C\OC2C=CC=C(C2)N=CC2=c3c(ncnc3=N/C=C/C=N1)NC2=O. The van der Waals surface area contributed by atoms with Gasteiger partial charge in [0.25, 0.3) is 5.91 Å². The zero-order chi connectivity index (χ0) is 20.1. The molecule has 3 aliphatic rings. The first-order valence-corrected chi connectivity index (χ1v) is 8.89. The molecule has 0 saturated carbocycles. The Labute approximate surface area is 165 Å². The van der Waals surface area contributed by atoms with Crippen molar-refractivity contribution < 1.29 is 14.3 Å². The molecule has 4 rings (SSSR count). The van der Waals surface area contributed by atoms with E-state index in [1.54, 1.807) is 6.08 Å². The van der Waals surface area contributed by atoms with Crippen LogP contribution in [-0.4, -0.2) is 40.3 Å². The summed E-state index contributed by atoms with van der Waals surface area (Å²) in [6.45, 7) is 0. The molecule has 3 heterocycles. The van der Waals surface area contributed by atoms with Crippen molar-refractivity contribution in [2.24, 2.45) is 15.0 Å². The number of hydrogen-bond donors (Lipinski definition) is 1. The lowest BCUT2D eigenvalue weighted by molar-refractivity contribution is -0.117. The van der Waals surface area contributed by atoms with Gasteiger partial charge in [-0.15, -0.1) is 0 Å². The van der Waals surface area contributed by atoms with Crippen LogP contribution in [0.5, 0.6) is 0 Å². The van der Waals surface area contributed by atoms with Crippen molar-refractivity contribution in [3.8, 4) is 0 Å². The van der Waals surface area contributed by atoms with Gasteiger partial charge in [-0.1, -0.05) is 6.08 Å². The predicted octanol–water partition coefficient (Wildman–Crippen LogP) is 0.527. The van der Waals surface area contributed by atoms with Crippen LogP contribution in [0.25, 0.3) is 5.57 Å². The quantitative estimate of drug-likeness (QED) is 0.695. The first kappa shape index (κ1) is 18.4. The lowest BCUT2D eigenvalue weighted by atomic mass is 10.1. The van der Waals surface area contributed by atoms with E-state index in [9.17, 15) is 9.59 Å². The molecule has 0 fully saturated rings. The van der Waals surface area contributed by atoms with E-state index in [0.29, 0.717) is 28.5 Å². The van der Waals surface area contributed by atoms with Gasteiger partial charge in [-0.25, -0.2) is 20.0 Å². The number of nitrogens with zero attached hydrogens (tertiary/aromatic N) is 5. The standard InChI is InChI=1S/C20H16N6O3/c27-16-6-2-9-29-14-5-1-4-13(10-14)23-11-15-17-18(22-8-3-7-21-16)24-12-25-19(17)26-20(15)28/h1-5,7-9,11-12,14H,6,10H2,(H,22,24,25,26,28)/b8-3+,9-2-,21-7?,23-11?. The minimum atomic E-state index is -0.325. The molecule has 0 radical (unpaired) electrons. The fraction of sp³-hybridized carbons (Fsp3) is 0.150. The summed E-state index contributed by atoms with van der Waals surface area (Å²) < 4.78 is 5.63. The molecule has 1 unspecified atom stereocenters. The van der Waals surface area contributed by atoms with Crippen LogP contribution >= 0.6 is 0 Å². The largest absolute Gasteiger partial charge is 0.494 e. The van der Waals surface area contributed by atoms with Gasteiger partial charge in [0.15, 0.2) is 5.49 Å². The lowest BCUT2D eigenvalue weighted by Crippen LogP contribution is -2.30. The number of aliphatic imine (C=N–C) groups is 2. The summed E-state index contributed by atoms with van der Waals surface area (Å²) in [4.78, 5) is 44.9. The van der Waals surface area contributed by atoms with Gasteiger partial charge in [-0.05, 0) is 24.3 Å². The molecule has 2 amide bonds. The molecule has 1 aromatic heterocycles. The van der Waals surface area contributed by atoms with Crippen LogP contribution in [0.1, 0.15) is 12.8 Å². The number of nitrogens with one attached hydrogen (secondary N) is 1. The van der Waals surface area contributed by atoms with E-state index in [1.165, 1.54) is 37.3 Å². The van der Waals surface area contributed by atoms with Crippen LogP contribution < -0.4 is 16.0 Å². The summed E-state index contributed by atoms with van der Waals surface area (Å²) in [7, 11) is 0. The van der Waals surface area contributed by atoms with Gasteiger partial charge in [-0.3, -0.25) is 14.6 Å². The molecule has 0 aromatic carbocycles. The summed E-state index contributed by atoms with van der Waals surface area (Å²) in [5.74, 6) is -0.261. The number of rotatable bonds is 0. The highest BCUT2D eigenvalue weighted by Gasteiger charge is 2.22. The molecular weight excluding hydrogens is 372 g/mol. The molecule has 0 saturated heterocycles. The first-order valence-electron chi connectivity index (χ1n) is 8.89. The number of aromatic nitrogens is 2. The van der Waals surface area contributed by atoms with Crippen LogP contribution in [0.4, 0.5) is 5.82 Å². The lowest BCUT2D eigenvalue weighted by Gasteiger charge is -2.15. The molecule has 144 valence electrons. The van der Waals surface area contributed by atoms with Crippen molar-refractivity contribution in [3.05, 3.63) is 65.6 Å². The van der Waals surface area contributed by atoms with Gasteiger partial charge in [-0.2, -0.15) is 0 Å². The summed E-state index contributed by atoms with van der Waals surface area (Å²) in [5.41, 5.74) is 1.38. The van der Waals surface area contributed by atoms with Gasteiger partial charge < -0.3 is 10.1 Å². The van der Waals surface area contributed by atoms with Crippen molar-refractivity contribution in [3.63, 3.8) is 0 Å². The van der Waals surface area contributed by atoms with Crippen LogP contribution in [0.15, 0.2) is 69.8 Å². The molecule has 1 aliphatic carbocycles. The summed E-state index contributed by atoms with van der Waals surface area (Å²) >= 11 is 0. The van der Waals surface area contributed by atoms with Gasteiger partial charge in [0.1, 0.15) is 18.2 Å². The molecule has 2 bridgehead atoms. The van der Waals surface area contributed by atoms with E-state index in [1.807, 2.05) is 18.2 Å². The van der Waals surface area contributed by atoms with Crippen molar-refractivity contribution >= 4 is 35.6 Å². The second kappa shape index (κ2) is 8.34. The Morgan fingerprint density at radius 1 is 1.14 bits per heavy atom. The minimum Gasteiger partial charge on any atom is -0.494 e. The zero-order valence-electron chi connectivity index (χ0n) is 15.2. The van der Waals surface area contributed by atoms with Crippen LogP contribution in [0.3, 0.4) is 0 Å². The highest BCUT2D eigenvalue weighted by Crippen LogP contribution is 2.17. The maximum atomic E-state index is 12.4. The highest BCUT2D eigenvalue weighted by molar-refractivity contribution is 6.40. The molecule has 9 nitrogen and oxygen atoms in total. The van der Waals surface area contributed by atoms with Crippen molar-refractivity contribution in [1.82, 2.24) is 9.97 Å². The van der Waals surface area contributed by atoms with Crippen LogP contribution in [-0.2, 0) is 14.3 Å². The Hall–Kier alpha value is -4.01. The maximum Gasteiger partial charge on any atom is 0.259 e. The number of fused-ring (bicyclic) bond motifs is 2. The summed E-state index contributed by atoms with van der Waals surface area (Å²) in [5, 5.41) is 3.16. The molecule has 1 atom stereocenters. The minimum absolute atomic E-state index is 0.129. The van der Waals surface area contributed by atoms with Gasteiger partial charge in [0, 0.05) is 30.7 Å². The number of amides is 2. The third-order valence-electron chi connectivity index (χ3n) is 4.19. The predicted molar refractivity (Wildman–Crippen MR) is 106 cm³/mol. The van der Waals surface area contributed by atoms with E-state index < -0.39 is 0 Å². The molecule has 1 aromatic rings. The Morgan fingerprint density at radius 3 is 3.00 bits per heavy atom. The second-order valence-corrected chi connectivity index (χ2v) is 6.19. The summed E-state index contributed by atoms with van der Waals surface area (Å²) in [6, 6.07) is 0. The van der Waals surface area contributed by atoms with Gasteiger partial charge in [0.2, 0.25) is 5.91 Å². The smallest absolute Gasteiger partial charge is 0.259 e. The summed E-state index contributed by atoms with van der Waals surface area (Å²) in [6.07, 6.45) is 16.2. The Bertz CT molecular complexity index is 1160. The Kier molecular flexibility index (Phi) is 5.28. The van der Waals surface area contributed by atoms with Gasteiger partial charge >= 0.3 is 0 Å². The molecule has 9 heteroatoms. The normalized spacial score (nSPS) is 23.1. The fourth-order valence-corrected chi connectivity index (χ4v) is 2.83. The monoisotopic (exact) mass is 388 g/mol. The Balaban J connectivity index is 1.80. The van der Waals surface area contributed by atoms with E-state index >= 15 is 0 Å². The van der Waals surface area contributed by atoms with Crippen LogP contribution in [0, 0.1) is 0 Å². The number of carbonyl (C=O) groups is 2. The van der Waals surface area contributed by atoms with E-state index in [2.05, 4.69) is 30.3 Å². The average Bonchev–Trinajstić information content (AvgIpc) is 3.05. The van der Waals surface area contributed by atoms with Crippen molar-refractivity contribution in [2.75, 3.05) is 5.32 Å². The molecule has 2 aliphatic heterocycles. The van der Waals surface area contributed by atoms with Gasteiger partial charge in [0.05, 0.1) is 23.5 Å². The molecular formula is C20H16N6O3. The fourth-order valence-electron chi connectivity index (χ4n) is 2.83. The van der Waals surface area contributed by atoms with E-state index in [4.69, 9.17) is 4.74 Å². The van der Waals surface area contributed by atoms with Crippen molar-refractivity contribution in [1.29, 1.82) is 0 Å². The third-order valence-corrected chi connectivity index (χ3v) is 4.19. The molecule has 29 heavy (non-hydrogen) atoms. The number of anilines is 1. The number of allylic oxidation sites excluding steroid dienone is 3. The van der Waals surface area contributed by atoms with E-state index in [-0.39, 0.29) is 24.3 Å². The zero-order valence-corrected chi connectivity index (χ0v) is 15.2. The topological polar surface area (TPSA) is 118 Å². The second-order valence-electron chi connectivity index (χ2n) is 6.19. The molecule has 1 N–H and O–H groups in total. The van der Waals surface area contributed by atoms with E-state index in [0.717, 1.165) is 5.70 Å². The highest BCUT2D eigenvalue weighted by atomic mass is 16.5. The third kappa shape index (κ3) is 4.29. The number of hydrogen-bond acceptors (Lipinski definition) is 7.